The van der Waals surface area contributed by atoms with Gasteiger partial charge < -0.3 is 14.8 Å². The highest BCUT2D eigenvalue weighted by molar-refractivity contribution is 5.53. The molecule has 0 unspecified atom stereocenters. The number of fused-ring (bicyclic) bond motifs is 1. The fraction of sp³-hybridized carbons (Fsp3) is 0.643. The summed E-state index contributed by atoms with van der Waals surface area (Å²) in [5.74, 6) is 1.53. The second-order valence-electron chi connectivity index (χ2n) is 5.32. The van der Waals surface area contributed by atoms with Crippen molar-refractivity contribution in [3.8, 4) is 0 Å². The molecule has 21 heavy (non-hydrogen) atoms. The van der Waals surface area contributed by atoms with Gasteiger partial charge in [0.05, 0.1) is 12.1 Å². The predicted molar refractivity (Wildman–Crippen MR) is 78.5 cm³/mol. The lowest BCUT2D eigenvalue weighted by atomic mass is 9.85. The van der Waals surface area contributed by atoms with Gasteiger partial charge in [-0.25, -0.2) is 4.98 Å². The standard InChI is InChI=1S/C14H21N5O2/c1-5-21-11-6-10(12(11)20-4)18-13-8(2)9(3)17-14-15-7-16-19(13)14/h7,10-12,18H,5-6H2,1-4H3/t10-,11+,12+/m0/s1. The van der Waals surface area contributed by atoms with Crippen molar-refractivity contribution < 1.29 is 9.47 Å². The Bertz CT molecular complexity index is 642. The van der Waals surface area contributed by atoms with Gasteiger partial charge in [-0.3, -0.25) is 0 Å². The Morgan fingerprint density at radius 1 is 1.43 bits per heavy atom. The summed E-state index contributed by atoms with van der Waals surface area (Å²) in [4.78, 5) is 8.58. The van der Waals surface area contributed by atoms with E-state index in [1.54, 1.807) is 11.6 Å². The van der Waals surface area contributed by atoms with Crippen molar-refractivity contribution in [2.75, 3.05) is 19.0 Å². The van der Waals surface area contributed by atoms with Gasteiger partial charge in [0.25, 0.3) is 5.78 Å². The Balaban J connectivity index is 1.85. The molecule has 1 N–H and O–H groups in total. The molecule has 114 valence electrons. The lowest BCUT2D eigenvalue weighted by molar-refractivity contribution is -0.118. The minimum absolute atomic E-state index is 0.0522. The van der Waals surface area contributed by atoms with Gasteiger partial charge in [0.1, 0.15) is 18.2 Å². The molecule has 0 bridgehead atoms. The molecule has 0 radical (unpaired) electrons. The van der Waals surface area contributed by atoms with Crippen LogP contribution in [0.25, 0.3) is 5.78 Å². The molecule has 7 heteroatoms. The van der Waals surface area contributed by atoms with Crippen molar-refractivity contribution in [3.05, 3.63) is 17.6 Å². The topological polar surface area (TPSA) is 73.6 Å². The maximum Gasteiger partial charge on any atom is 0.254 e. The molecular formula is C14H21N5O2. The number of nitrogens with zero attached hydrogens (tertiary/aromatic N) is 4. The number of methoxy groups -OCH3 is 1. The van der Waals surface area contributed by atoms with E-state index in [1.807, 2.05) is 20.8 Å². The van der Waals surface area contributed by atoms with Crippen molar-refractivity contribution in [2.24, 2.45) is 0 Å². The van der Waals surface area contributed by atoms with E-state index >= 15 is 0 Å². The zero-order valence-electron chi connectivity index (χ0n) is 12.8. The summed E-state index contributed by atoms with van der Waals surface area (Å²) in [6.07, 6.45) is 2.65. The van der Waals surface area contributed by atoms with Gasteiger partial charge in [0, 0.05) is 25.0 Å². The Morgan fingerprint density at radius 3 is 2.95 bits per heavy atom. The first kappa shape index (κ1) is 14.2. The summed E-state index contributed by atoms with van der Waals surface area (Å²) in [6.45, 7) is 6.72. The van der Waals surface area contributed by atoms with Crippen molar-refractivity contribution in [2.45, 2.75) is 45.4 Å². The first-order valence-corrected chi connectivity index (χ1v) is 7.23. The van der Waals surface area contributed by atoms with E-state index in [0.717, 1.165) is 23.5 Å². The van der Waals surface area contributed by atoms with Crippen LogP contribution in [-0.4, -0.2) is 51.5 Å². The first-order chi connectivity index (χ1) is 10.2. The van der Waals surface area contributed by atoms with E-state index < -0.39 is 0 Å². The van der Waals surface area contributed by atoms with E-state index in [0.29, 0.717) is 12.4 Å². The fourth-order valence-electron chi connectivity index (χ4n) is 2.79. The molecule has 0 amide bonds. The second-order valence-corrected chi connectivity index (χ2v) is 5.32. The van der Waals surface area contributed by atoms with Gasteiger partial charge in [0.2, 0.25) is 0 Å². The molecule has 0 aromatic carbocycles. The van der Waals surface area contributed by atoms with Crippen LogP contribution in [0.15, 0.2) is 6.33 Å². The van der Waals surface area contributed by atoms with Crippen LogP contribution in [-0.2, 0) is 9.47 Å². The Morgan fingerprint density at radius 2 is 2.24 bits per heavy atom. The number of rotatable bonds is 5. The van der Waals surface area contributed by atoms with E-state index in [2.05, 4.69) is 20.4 Å². The van der Waals surface area contributed by atoms with Gasteiger partial charge in [-0.15, -0.1) is 0 Å². The molecule has 1 saturated carbocycles. The molecule has 1 fully saturated rings. The van der Waals surface area contributed by atoms with Crippen molar-refractivity contribution in [1.82, 2.24) is 19.6 Å². The van der Waals surface area contributed by atoms with Gasteiger partial charge in [0.15, 0.2) is 0 Å². The molecule has 7 nitrogen and oxygen atoms in total. The predicted octanol–water partition coefficient (Wildman–Crippen LogP) is 1.35. The summed E-state index contributed by atoms with van der Waals surface area (Å²) in [5.41, 5.74) is 2.02. The molecule has 0 aliphatic heterocycles. The number of hydrogen-bond acceptors (Lipinski definition) is 6. The molecule has 3 rings (SSSR count). The van der Waals surface area contributed by atoms with Crippen LogP contribution in [0.2, 0.25) is 0 Å². The molecule has 0 spiro atoms. The molecule has 3 atom stereocenters. The largest absolute Gasteiger partial charge is 0.377 e. The molecular weight excluding hydrogens is 270 g/mol. The van der Waals surface area contributed by atoms with Gasteiger partial charge >= 0.3 is 0 Å². The molecule has 1 aliphatic carbocycles. The quantitative estimate of drug-likeness (QED) is 0.896. The Labute approximate surface area is 123 Å². The Hall–Kier alpha value is -1.73. The van der Waals surface area contributed by atoms with Gasteiger partial charge in [-0.1, -0.05) is 0 Å². The van der Waals surface area contributed by atoms with E-state index in [-0.39, 0.29) is 18.2 Å². The van der Waals surface area contributed by atoms with Crippen molar-refractivity contribution >= 4 is 11.6 Å². The Kier molecular flexibility index (Phi) is 3.77. The molecule has 0 saturated heterocycles. The lowest BCUT2D eigenvalue weighted by Crippen LogP contribution is -2.57. The number of anilines is 1. The monoisotopic (exact) mass is 291 g/mol. The number of aromatic nitrogens is 4. The van der Waals surface area contributed by atoms with Crippen molar-refractivity contribution in [1.29, 1.82) is 0 Å². The van der Waals surface area contributed by atoms with Crippen LogP contribution >= 0.6 is 0 Å². The zero-order valence-corrected chi connectivity index (χ0v) is 12.8. The number of aryl methyl sites for hydroxylation is 1. The highest BCUT2D eigenvalue weighted by Gasteiger charge is 2.42. The lowest BCUT2D eigenvalue weighted by Gasteiger charge is -2.43. The highest BCUT2D eigenvalue weighted by atomic mass is 16.5. The van der Waals surface area contributed by atoms with Crippen LogP contribution in [0.4, 0.5) is 5.82 Å². The summed E-state index contributed by atoms with van der Waals surface area (Å²) in [7, 11) is 1.72. The normalized spacial score (nSPS) is 25.0. The van der Waals surface area contributed by atoms with Gasteiger partial charge in [-0.05, 0) is 27.2 Å². The van der Waals surface area contributed by atoms with Crippen LogP contribution in [0.1, 0.15) is 24.6 Å². The SMILES string of the molecule is CCO[C@@H]1C[C@H](Nc2c(C)c(C)nc3ncnn23)[C@H]1OC. The molecule has 1 aliphatic rings. The third-order valence-electron chi connectivity index (χ3n) is 4.13. The molecule has 2 aromatic rings. The minimum Gasteiger partial charge on any atom is -0.377 e. The molecule has 2 aromatic heterocycles. The average Bonchev–Trinajstić information content (AvgIpc) is 2.89. The number of ether oxygens (including phenoxy) is 2. The second kappa shape index (κ2) is 5.57. The van der Waals surface area contributed by atoms with Crippen LogP contribution < -0.4 is 5.32 Å². The average molecular weight is 291 g/mol. The van der Waals surface area contributed by atoms with E-state index in [9.17, 15) is 0 Å². The van der Waals surface area contributed by atoms with Crippen molar-refractivity contribution in [3.63, 3.8) is 0 Å². The number of nitrogens with one attached hydrogen (secondary N) is 1. The summed E-state index contributed by atoms with van der Waals surface area (Å²) >= 11 is 0. The maximum absolute atomic E-state index is 5.66. The van der Waals surface area contributed by atoms with E-state index in [1.165, 1.54) is 6.33 Å². The van der Waals surface area contributed by atoms with Crippen LogP contribution in [0.3, 0.4) is 0 Å². The third-order valence-corrected chi connectivity index (χ3v) is 4.13. The summed E-state index contributed by atoms with van der Waals surface area (Å²) in [6, 6.07) is 0.208. The molecule has 2 heterocycles. The summed E-state index contributed by atoms with van der Waals surface area (Å²) in [5, 5.41) is 7.77. The van der Waals surface area contributed by atoms with E-state index in [4.69, 9.17) is 9.47 Å². The van der Waals surface area contributed by atoms with Crippen LogP contribution in [0.5, 0.6) is 0 Å². The highest BCUT2D eigenvalue weighted by Crippen LogP contribution is 2.31. The van der Waals surface area contributed by atoms with Crippen LogP contribution in [0, 0.1) is 13.8 Å². The maximum atomic E-state index is 5.66. The van der Waals surface area contributed by atoms with Gasteiger partial charge in [-0.2, -0.15) is 14.6 Å². The fourth-order valence-corrected chi connectivity index (χ4v) is 2.79. The zero-order chi connectivity index (χ0) is 15.0. The third kappa shape index (κ3) is 2.36. The summed E-state index contributed by atoms with van der Waals surface area (Å²) < 4.78 is 13.0. The first-order valence-electron chi connectivity index (χ1n) is 7.23. The smallest absolute Gasteiger partial charge is 0.254 e. The number of hydrogen-bond donors (Lipinski definition) is 1. The minimum atomic E-state index is 0.0522.